The van der Waals surface area contributed by atoms with Crippen molar-refractivity contribution in [2.45, 2.75) is 52.2 Å². The molecular formula is C22H29NO5. The maximum absolute atomic E-state index is 12.5. The van der Waals surface area contributed by atoms with Crippen LogP contribution in [0.5, 0.6) is 0 Å². The van der Waals surface area contributed by atoms with Crippen LogP contribution in [0.3, 0.4) is 0 Å². The van der Waals surface area contributed by atoms with Crippen LogP contribution in [0.2, 0.25) is 0 Å². The van der Waals surface area contributed by atoms with E-state index in [0.717, 1.165) is 18.4 Å². The Labute approximate surface area is 166 Å². The van der Waals surface area contributed by atoms with Crippen molar-refractivity contribution >= 4 is 17.8 Å². The van der Waals surface area contributed by atoms with Crippen LogP contribution in [0.4, 0.5) is 0 Å². The predicted octanol–water partition coefficient (Wildman–Crippen LogP) is 3.19. The van der Waals surface area contributed by atoms with Gasteiger partial charge in [0, 0.05) is 19.0 Å². The topological polar surface area (TPSA) is 72.9 Å². The number of hydrogen-bond acceptors (Lipinski definition) is 5. The summed E-state index contributed by atoms with van der Waals surface area (Å²) in [6, 6.07) is 6.98. The van der Waals surface area contributed by atoms with Crippen molar-refractivity contribution in [2.75, 3.05) is 13.7 Å². The third-order valence-electron chi connectivity index (χ3n) is 6.31. The summed E-state index contributed by atoms with van der Waals surface area (Å²) < 4.78 is 10.1. The van der Waals surface area contributed by atoms with Crippen LogP contribution < -0.4 is 0 Å². The van der Waals surface area contributed by atoms with Gasteiger partial charge < -0.3 is 14.4 Å². The van der Waals surface area contributed by atoms with E-state index in [-0.39, 0.29) is 30.9 Å². The van der Waals surface area contributed by atoms with Crippen LogP contribution in [0.15, 0.2) is 24.3 Å². The minimum atomic E-state index is -0.403. The fourth-order valence-corrected chi connectivity index (χ4v) is 4.33. The molecule has 0 aromatic heterocycles. The summed E-state index contributed by atoms with van der Waals surface area (Å²) in [5.74, 6) is -0.00307. The highest BCUT2D eigenvalue weighted by molar-refractivity contribution is 5.89. The van der Waals surface area contributed by atoms with Crippen LogP contribution in [0.1, 0.15) is 55.5 Å². The number of amides is 1. The van der Waals surface area contributed by atoms with E-state index in [2.05, 4.69) is 18.6 Å². The summed E-state index contributed by atoms with van der Waals surface area (Å²) >= 11 is 0. The largest absolute Gasteiger partial charge is 0.465 e. The Balaban J connectivity index is 1.54. The molecule has 0 radical (unpaired) electrons. The molecule has 1 heterocycles. The maximum atomic E-state index is 12.5. The van der Waals surface area contributed by atoms with E-state index in [1.807, 2.05) is 4.90 Å². The van der Waals surface area contributed by atoms with E-state index in [1.165, 1.54) is 13.5 Å². The first-order chi connectivity index (χ1) is 13.4. The van der Waals surface area contributed by atoms with E-state index in [4.69, 9.17) is 4.74 Å². The molecule has 1 aromatic rings. The van der Waals surface area contributed by atoms with E-state index < -0.39 is 11.9 Å². The second-order valence-corrected chi connectivity index (χ2v) is 8.08. The second kappa shape index (κ2) is 8.76. The van der Waals surface area contributed by atoms with Crippen molar-refractivity contribution in [3.05, 3.63) is 35.4 Å². The zero-order chi connectivity index (χ0) is 20.3. The molecule has 2 fully saturated rings. The number of nitrogens with zero attached hydrogens (tertiary/aromatic N) is 1. The van der Waals surface area contributed by atoms with Crippen LogP contribution in [-0.2, 0) is 25.7 Å². The highest BCUT2D eigenvalue weighted by Gasteiger charge is 2.42. The standard InChI is InChI=1S/C22H29NO5/c1-14-5-4-6-19(15(14)2)23-12-18(11-20(23)24)22(26)28-13-16-7-9-17(10-8-16)21(25)27-3/h7-10,14-15,18-19H,4-6,11-13H2,1-3H3/t14-,15+,18+,19-/m0/s1. The van der Waals surface area contributed by atoms with Gasteiger partial charge in [0.1, 0.15) is 6.61 Å². The van der Waals surface area contributed by atoms with Gasteiger partial charge in [0.2, 0.25) is 5.91 Å². The number of esters is 2. The Morgan fingerprint density at radius 1 is 1.14 bits per heavy atom. The van der Waals surface area contributed by atoms with Gasteiger partial charge in [-0.15, -0.1) is 0 Å². The Hall–Kier alpha value is -2.37. The third-order valence-corrected chi connectivity index (χ3v) is 6.31. The molecule has 1 saturated heterocycles. The lowest BCUT2D eigenvalue weighted by molar-refractivity contribution is -0.149. The molecule has 2 aliphatic rings. The molecule has 4 atom stereocenters. The quantitative estimate of drug-likeness (QED) is 0.726. The SMILES string of the molecule is COC(=O)c1ccc(COC(=O)[C@@H]2CC(=O)N([C@H]3CCC[C@H](C)[C@H]3C)C2)cc1. The first-order valence-corrected chi connectivity index (χ1v) is 10.0. The molecule has 1 aromatic carbocycles. The normalized spacial score (nSPS) is 27.5. The van der Waals surface area contributed by atoms with Gasteiger partial charge in [0.05, 0.1) is 18.6 Å². The summed E-state index contributed by atoms with van der Waals surface area (Å²) in [5.41, 5.74) is 1.24. The molecule has 1 aliphatic heterocycles. The average molecular weight is 387 g/mol. The van der Waals surface area contributed by atoms with E-state index in [1.54, 1.807) is 24.3 Å². The molecule has 1 saturated carbocycles. The maximum Gasteiger partial charge on any atom is 0.337 e. The van der Waals surface area contributed by atoms with Crippen molar-refractivity contribution < 1.29 is 23.9 Å². The summed E-state index contributed by atoms with van der Waals surface area (Å²) in [5, 5.41) is 0. The van der Waals surface area contributed by atoms with Crippen molar-refractivity contribution in [1.82, 2.24) is 4.90 Å². The first-order valence-electron chi connectivity index (χ1n) is 10.0. The molecule has 6 nitrogen and oxygen atoms in total. The highest BCUT2D eigenvalue weighted by atomic mass is 16.5. The number of carbonyl (C=O) groups is 3. The third kappa shape index (κ3) is 4.37. The predicted molar refractivity (Wildman–Crippen MR) is 103 cm³/mol. The zero-order valence-electron chi connectivity index (χ0n) is 16.8. The summed E-state index contributed by atoms with van der Waals surface area (Å²) in [6.45, 7) is 5.04. The number of ether oxygens (including phenoxy) is 2. The Bertz CT molecular complexity index is 729. The minimum absolute atomic E-state index is 0.0651. The van der Waals surface area contributed by atoms with Crippen molar-refractivity contribution in [3.8, 4) is 0 Å². The van der Waals surface area contributed by atoms with Crippen LogP contribution in [-0.4, -0.2) is 42.4 Å². The molecule has 152 valence electrons. The number of methoxy groups -OCH3 is 1. The Kier molecular flexibility index (Phi) is 6.37. The molecule has 0 bridgehead atoms. The fraction of sp³-hybridized carbons (Fsp3) is 0.591. The van der Waals surface area contributed by atoms with Gasteiger partial charge in [0.25, 0.3) is 0 Å². The lowest BCUT2D eigenvalue weighted by Gasteiger charge is -2.39. The molecule has 1 amide bonds. The Morgan fingerprint density at radius 2 is 1.86 bits per heavy atom. The number of hydrogen-bond donors (Lipinski definition) is 0. The number of benzene rings is 1. The highest BCUT2D eigenvalue weighted by Crippen LogP contribution is 2.36. The molecule has 0 unspecified atom stereocenters. The van der Waals surface area contributed by atoms with Gasteiger partial charge in [-0.05, 0) is 36.0 Å². The van der Waals surface area contributed by atoms with Crippen molar-refractivity contribution in [3.63, 3.8) is 0 Å². The molecular weight excluding hydrogens is 358 g/mol. The first kappa shape index (κ1) is 20.4. The number of likely N-dealkylation sites (tertiary alicyclic amines) is 1. The monoisotopic (exact) mass is 387 g/mol. The van der Waals surface area contributed by atoms with E-state index in [9.17, 15) is 14.4 Å². The van der Waals surface area contributed by atoms with Crippen molar-refractivity contribution in [2.24, 2.45) is 17.8 Å². The minimum Gasteiger partial charge on any atom is -0.465 e. The molecule has 1 aliphatic carbocycles. The molecule has 6 heteroatoms. The number of carbonyl (C=O) groups excluding carboxylic acids is 3. The van der Waals surface area contributed by atoms with Gasteiger partial charge in [-0.2, -0.15) is 0 Å². The molecule has 0 spiro atoms. The lowest BCUT2D eigenvalue weighted by atomic mass is 9.77. The van der Waals surface area contributed by atoms with Crippen LogP contribution in [0, 0.1) is 17.8 Å². The smallest absolute Gasteiger partial charge is 0.337 e. The van der Waals surface area contributed by atoms with Gasteiger partial charge in [-0.3, -0.25) is 9.59 Å². The lowest BCUT2D eigenvalue weighted by Crippen LogP contribution is -2.45. The zero-order valence-corrected chi connectivity index (χ0v) is 16.8. The van der Waals surface area contributed by atoms with E-state index >= 15 is 0 Å². The molecule has 28 heavy (non-hydrogen) atoms. The van der Waals surface area contributed by atoms with Crippen LogP contribution >= 0.6 is 0 Å². The summed E-state index contributed by atoms with van der Waals surface area (Å²) in [4.78, 5) is 38.4. The summed E-state index contributed by atoms with van der Waals surface area (Å²) in [7, 11) is 1.33. The fourth-order valence-electron chi connectivity index (χ4n) is 4.33. The van der Waals surface area contributed by atoms with Gasteiger partial charge in [-0.1, -0.05) is 38.8 Å². The van der Waals surface area contributed by atoms with Crippen LogP contribution in [0.25, 0.3) is 0 Å². The van der Waals surface area contributed by atoms with Gasteiger partial charge >= 0.3 is 11.9 Å². The Morgan fingerprint density at radius 3 is 2.54 bits per heavy atom. The van der Waals surface area contributed by atoms with E-state index in [0.29, 0.717) is 23.9 Å². The van der Waals surface area contributed by atoms with Gasteiger partial charge in [-0.25, -0.2) is 4.79 Å². The summed E-state index contributed by atoms with van der Waals surface area (Å²) in [6.07, 6.45) is 3.60. The molecule has 0 N–H and O–H groups in total. The average Bonchev–Trinajstić information content (AvgIpc) is 3.09. The number of rotatable bonds is 5. The van der Waals surface area contributed by atoms with Gasteiger partial charge in [0.15, 0.2) is 0 Å². The van der Waals surface area contributed by atoms with Crippen molar-refractivity contribution in [1.29, 1.82) is 0 Å². The molecule has 3 rings (SSSR count). The second-order valence-electron chi connectivity index (χ2n) is 8.08.